The Bertz CT molecular complexity index is 509. The number of urea groups is 1. The number of amides is 2. The molecule has 19 heavy (non-hydrogen) atoms. The Morgan fingerprint density at radius 1 is 1.53 bits per heavy atom. The summed E-state index contributed by atoms with van der Waals surface area (Å²) in [4.78, 5) is 26.3. The molecule has 1 aromatic heterocycles. The Hall–Kier alpha value is -2.31. The van der Waals surface area contributed by atoms with Crippen LogP contribution in [-0.4, -0.2) is 28.1 Å². The monoisotopic (exact) mass is 265 g/mol. The van der Waals surface area contributed by atoms with Crippen molar-refractivity contribution < 1.29 is 19.1 Å². The fraction of sp³-hybridized carbons (Fsp3) is 0.417. The van der Waals surface area contributed by atoms with E-state index in [1.54, 1.807) is 25.3 Å². The van der Waals surface area contributed by atoms with Gasteiger partial charge in [0.05, 0.1) is 24.7 Å². The Balaban J connectivity index is 1.74. The Kier molecular flexibility index (Phi) is 3.84. The molecule has 0 fully saturated rings. The maximum absolute atomic E-state index is 11.6. The van der Waals surface area contributed by atoms with E-state index in [0.717, 1.165) is 0 Å². The van der Waals surface area contributed by atoms with Crippen molar-refractivity contribution in [2.45, 2.75) is 25.9 Å². The van der Waals surface area contributed by atoms with Gasteiger partial charge in [-0.05, 0) is 13.3 Å². The second-order valence-electron chi connectivity index (χ2n) is 4.36. The third kappa shape index (κ3) is 3.57. The van der Waals surface area contributed by atoms with E-state index in [4.69, 9.17) is 9.52 Å². The highest BCUT2D eigenvalue weighted by Gasteiger charge is 2.25. The van der Waals surface area contributed by atoms with Crippen LogP contribution in [0, 0.1) is 12.8 Å². The van der Waals surface area contributed by atoms with E-state index in [0.29, 0.717) is 18.1 Å². The van der Waals surface area contributed by atoms with Crippen molar-refractivity contribution in [2.75, 3.05) is 0 Å². The van der Waals surface area contributed by atoms with Gasteiger partial charge in [0.25, 0.3) is 0 Å². The number of hydrogen-bond acceptors (Lipinski definition) is 4. The number of aryl methyl sites for hydroxylation is 1. The molecule has 0 radical (unpaired) electrons. The number of aliphatic carboxylic acids is 1. The summed E-state index contributed by atoms with van der Waals surface area (Å²) < 4.78 is 5.21. The lowest BCUT2D eigenvalue weighted by atomic mass is 10.1. The van der Waals surface area contributed by atoms with E-state index in [2.05, 4.69) is 15.6 Å². The van der Waals surface area contributed by atoms with Gasteiger partial charge in [-0.25, -0.2) is 9.78 Å². The minimum Gasteiger partial charge on any atom is -0.481 e. The fourth-order valence-corrected chi connectivity index (χ4v) is 1.85. The van der Waals surface area contributed by atoms with Crippen LogP contribution in [0.5, 0.6) is 0 Å². The predicted octanol–water partition coefficient (Wildman–Crippen LogP) is 0.812. The molecular formula is C12H15N3O4. The molecule has 1 aliphatic rings. The summed E-state index contributed by atoms with van der Waals surface area (Å²) in [5.41, 5.74) is 0. The first kappa shape index (κ1) is 13.1. The molecule has 0 spiro atoms. The quantitative estimate of drug-likeness (QED) is 0.699. The fourth-order valence-electron chi connectivity index (χ4n) is 1.85. The van der Waals surface area contributed by atoms with Crippen LogP contribution in [0.25, 0.3) is 0 Å². The lowest BCUT2D eigenvalue weighted by Crippen LogP contribution is -2.40. The molecule has 7 nitrogen and oxygen atoms in total. The number of carbonyl (C=O) groups excluding carboxylic acids is 1. The molecular weight excluding hydrogens is 250 g/mol. The van der Waals surface area contributed by atoms with Crippen molar-refractivity contribution >= 4 is 12.0 Å². The molecule has 2 rings (SSSR count). The molecule has 2 unspecified atom stereocenters. The average Bonchev–Trinajstić information content (AvgIpc) is 2.96. The van der Waals surface area contributed by atoms with Gasteiger partial charge >= 0.3 is 12.0 Å². The molecule has 1 aliphatic carbocycles. The summed E-state index contributed by atoms with van der Waals surface area (Å²) in [5.74, 6) is -0.297. The zero-order chi connectivity index (χ0) is 13.8. The van der Waals surface area contributed by atoms with Gasteiger partial charge in [-0.3, -0.25) is 4.79 Å². The molecule has 1 aromatic rings. The number of oxazole rings is 1. The molecule has 1 heterocycles. The molecule has 0 bridgehead atoms. The van der Waals surface area contributed by atoms with E-state index in [-0.39, 0.29) is 18.6 Å². The Labute approximate surface area is 109 Å². The molecule has 3 N–H and O–H groups in total. The molecule has 0 saturated carbocycles. The third-order valence-corrected chi connectivity index (χ3v) is 2.79. The molecule has 0 saturated heterocycles. The predicted molar refractivity (Wildman–Crippen MR) is 65.3 cm³/mol. The summed E-state index contributed by atoms with van der Waals surface area (Å²) in [5, 5.41) is 14.1. The molecule has 0 aromatic carbocycles. The minimum absolute atomic E-state index is 0.193. The SMILES string of the molecule is Cc1cnc(CNC(=O)NC2C=CC(C(=O)O)C2)o1. The number of rotatable bonds is 4. The zero-order valence-electron chi connectivity index (χ0n) is 10.4. The highest BCUT2D eigenvalue weighted by atomic mass is 16.4. The van der Waals surface area contributed by atoms with Gasteiger partial charge in [0, 0.05) is 0 Å². The summed E-state index contributed by atoms with van der Waals surface area (Å²) in [7, 11) is 0. The Morgan fingerprint density at radius 2 is 2.32 bits per heavy atom. The van der Waals surface area contributed by atoms with E-state index >= 15 is 0 Å². The van der Waals surface area contributed by atoms with Gasteiger partial charge in [0.15, 0.2) is 0 Å². The summed E-state index contributed by atoms with van der Waals surface area (Å²) in [6, 6.07) is -0.635. The second kappa shape index (κ2) is 5.55. The smallest absolute Gasteiger partial charge is 0.315 e. The van der Waals surface area contributed by atoms with Gasteiger partial charge in [-0.15, -0.1) is 0 Å². The van der Waals surface area contributed by atoms with Crippen LogP contribution in [0.15, 0.2) is 22.8 Å². The number of carbonyl (C=O) groups is 2. The van der Waals surface area contributed by atoms with Crippen molar-refractivity contribution in [3.8, 4) is 0 Å². The number of nitrogens with zero attached hydrogens (tertiary/aromatic N) is 1. The highest BCUT2D eigenvalue weighted by Crippen LogP contribution is 2.17. The van der Waals surface area contributed by atoms with Gasteiger partial charge in [-0.1, -0.05) is 12.2 Å². The Morgan fingerprint density at radius 3 is 2.89 bits per heavy atom. The first-order valence-electron chi connectivity index (χ1n) is 5.91. The lowest BCUT2D eigenvalue weighted by Gasteiger charge is -2.12. The van der Waals surface area contributed by atoms with Crippen LogP contribution in [0.2, 0.25) is 0 Å². The normalized spacial score (nSPS) is 21.3. The number of carboxylic acids is 1. The van der Waals surface area contributed by atoms with Crippen molar-refractivity contribution in [1.29, 1.82) is 0 Å². The van der Waals surface area contributed by atoms with Crippen molar-refractivity contribution in [1.82, 2.24) is 15.6 Å². The molecule has 102 valence electrons. The molecule has 7 heteroatoms. The van der Waals surface area contributed by atoms with Crippen LogP contribution in [0.3, 0.4) is 0 Å². The minimum atomic E-state index is -0.879. The molecule has 0 aliphatic heterocycles. The van der Waals surface area contributed by atoms with Crippen LogP contribution in [0.4, 0.5) is 4.79 Å². The van der Waals surface area contributed by atoms with Crippen LogP contribution in [0.1, 0.15) is 18.1 Å². The van der Waals surface area contributed by atoms with Gasteiger partial charge in [0.2, 0.25) is 5.89 Å². The topological polar surface area (TPSA) is 104 Å². The number of nitrogens with one attached hydrogen (secondary N) is 2. The van der Waals surface area contributed by atoms with E-state index < -0.39 is 11.9 Å². The zero-order valence-corrected chi connectivity index (χ0v) is 10.4. The highest BCUT2D eigenvalue weighted by molar-refractivity contribution is 5.76. The van der Waals surface area contributed by atoms with Gasteiger partial charge < -0.3 is 20.2 Å². The van der Waals surface area contributed by atoms with E-state index in [1.165, 1.54) is 0 Å². The van der Waals surface area contributed by atoms with Crippen molar-refractivity contribution in [3.05, 3.63) is 30.0 Å². The average molecular weight is 265 g/mol. The van der Waals surface area contributed by atoms with Crippen LogP contribution < -0.4 is 10.6 Å². The molecule has 2 atom stereocenters. The lowest BCUT2D eigenvalue weighted by molar-refractivity contribution is -0.140. The summed E-state index contributed by atoms with van der Waals surface area (Å²) in [6.45, 7) is 1.96. The van der Waals surface area contributed by atoms with Crippen LogP contribution >= 0.6 is 0 Å². The maximum Gasteiger partial charge on any atom is 0.315 e. The number of hydrogen-bond donors (Lipinski definition) is 3. The third-order valence-electron chi connectivity index (χ3n) is 2.79. The first-order chi connectivity index (χ1) is 9.04. The second-order valence-corrected chi connectivity index (χ2v) is 4.36. The number of carboxylic acid groups (broad SMARTS) is 1. The summed E-state index contributed by atoms with van der Waals surface area (Å²) >= 11 is 0. The maximum atomic E-state index is 11.6. The standard InChI is InChI=1S/C12H15N3O4/c1-7-5-13-10(19-7)6-14-12(18)15-9-3-2-8(4-9)11(16)17/h2-3,5,8-9H,4,6H2,1H3,(H,16,17)(H2,14,15,18). The van der Waals surface area contributed by atoms with Gasteiger partial charge in [-0.2, -0.15) is 0 Å². The molecule has 2 amide bonds. The first-order valence-corrected chi connectivity index (χ1v) is 5.91. The van der Waals surface area contributed by atoms with Crippen molar-refractivity contribution in [3.63, 3.8) is 0 Å². The van der Waals surface area contributed by atoms with Crippen molar-refractivity contribution in [2.24, 2.45) is 5.92 Å². The van der Waals surface area contributed by atoms with E-state index in [9.17, 15) is 9.59 Å². The van der Waals surface area contributed by atoms with Crippen LogP contribution in [-0.2, 0) is 11.3 Å². The largest absolute Gasteiger partial charge is 0.481 e. The summed E-state index contributed by atoms with van der Waals surface area (Å²) in [6.07, 6.45) is 5.23. The van der Waals surface area contributed by atoms with E-state index in [1.807, 2.05) is 0 Å². The van der Waals surface area contributed by atoms with Gasteiger partial charge in [0.1, 0.15) is 5.76 Å². The number of aromatic nitrogens is 1.